The summed E-state index contributed by atoms with van der Waals surface area (Å²) in [5, 5.41) is 4.06. The summed E-state index contributed by atoms with van der Waals surface area (Å²) in [4.78, 5) is 25.8. The number of benzene rings is 1. The first-order chi connectivity index (χ1) is 10.6. The first-order valence-corrected chi connectivity index (χ1v) is 7.47. The van der Waals surface area contributed by atoms with E-state index in [0.717, 1.165) is 19.3 Å². The summed E-state index contributed by atoms with van der Waals surface area (Å²) in [6, 6.07) is 11.2. The maximum atomic E-state index is 12.7. The number of hydrogen-bond acceptors (Lipinski definition) is 3. The standard InChI is InChI=1S/C17H19N3O2/c1-19(17(22)14-10-11-16(21)20(2)18-14)15-9-5-7-12-6-3-4-8-13(12)15/h3-4,6,8,10-11,15H,5,7,9H2,1-2H3. The number of amides is 1. The van der Waals surface area contributed by atoms with Gasteiger partial charge in [0.15, 0.2) is 0 Å². The Bertz CT molecular complexity index is 766. The van der Waals surface area contributed by atoms with Crippen LogP contribution in [0.3, 0.4) is 0 Å². The van der Waals surface area contributed by atoms with E-state index in [0.29, 0.717) is 5.69 Å². The lowest BCUT2D eigenvalue weighted by Gasteiger charge is -2.33. The summed E-state index contributed by atoms with van der Waals surface area (Å²) < 4.78 is 1.19. The molecule has 1 heterocycles. The van der Waals surface area contributed by atoms with Crippen LogP contribution in [0.25, 0.3) is 0 Å². The van der Waals surface area contributed by atoms with Gasteiger partial charge in [-0.1, -0.05) is 24.3 Å². The molecule has 22 heavy (non-hydrogen) atoms. The highest BCUT2D eigenvalue weighted by Crippen LogP contribution is 2.33. The monoisotopic (exact) mass is 297 g/mol. The van der Waals surface area contributed by atoms with Crippen LogP contribution in [0.15, 0.2) is 41.2 Å². The van der Waals surface area contributed by atoms with Crippen molar-refractivity contribution in [2.24, 2.45) is 7.05 Å². The molecule has 0 radical (unpaired) electrons. The molecule has 1 unspecified atom stereocenters. The first-order valence-electron chi connectivity index (χ1n) is 7.47. The third kappa shape index (κ3) is 2.54. The molecular weight excluding hydrogens is 278 g/mol. The van der Waals surface area contributed by atoms with Gasteiger partial charge in [0.05, 0.1) is 6.04 Å². The third-order valence-corrected chi connectivity index (χ3v) is 4.31. The highest BCUT2D eigenvalue weighted by atomic mass is 16.2. The van der Waals surface area contributed by atoms with Gasteiger partial charge in [-0.15, -0.1) is 0 Å². The molecule has 0 fully saturated rings. The van der Waals surface area contributed by atoms with Gasteiger partial charge in [0.2, 0.25) is 0 Å². The minimum atomic E-state index is -0.220. The highest BCUT2D eigenvalue weighted by Gasteiger charge is 2.27. The molecule has 0 spiro atoms. The van der Waals surface area contributed by atoms with Crippen molar-refractivity contribution < 1.29 is 4.79 Å². The van der Waals surface area contributed by atoms with Crippen LogP contribution in [0.2, 0.25) is 0 Å². The van der Waals surface area contributed by atoms with Gasteiger partial charge in [0.25, 0.3) is 11.5 Å². The van der Waals surface area contributed by atoms with E-state index in [1.807, 2.05) is 19.2 Å². The van der Waals surface area contributed by atoms with E-state index in [1.165, 1.54) is 27.9 Å². The molecule has 1 aliphatic carbocycles. The van der Waals surface area contributed by atoms with Crippen LogP contribution in [0, 0.1) is 0 Å². The second-order valence-electron chi connectivity index (χ2n) is 5.70. The van der Waals surface area contributed by atoms with E-state index < -0.39 is 0 Å². The van der Waals surface area contributed by atoms with Crippen molar-refractivity contribution in [3.05, 3.63) is 63.6 Å². The van der Waals surface area contributed by atoms with Gasteiger partial charge in [-0.25, -0.2) is 4.68 Å². The maximum Gasteiger partial charge on any atom is 0.274 e. The van der Waals surface area contributed by atoms with Gasteiger partial charge >= 0.3 is 0 Å². The predicted molar refractivity (Wildman–Crippen MR) is 83.7 cm³/mol. The zero-order valence-corrected chi connectivity index (χ0v) is 12.8. The normalized spacial score (nSPS) is 16.9. The molecule has 0 saturated carbocycles. The Hall–Kier alpha value is -2.43. The Morgan fingerprint density at radius 2 is 2.05 bits per heavy atom. The summed E-state index contributed by atoms with van der Waals surface area (Å²) in [6.45, 7) is 0. The van der Waals surface area contributed by atoms with Crippen LogP contribution in [-0.2, 0) is 13.5 Å². The van der Waals surface area contributed by atoms with Crippen LogP contribution in [0.4, 0.5) is 0 Å². The largest absolute Gasteiger partial charge is 0.333 e. The zero-order chi connectivity index (χ0) is 15.7. The highest BCUT2D eigenvalue weighted by molar-refractivity contribution is 5.92. The molecule has 5 nitrogen and oxygen atoms in total. The Labute approximate surface area is 129 Å². The van der Waals surface area contributed by atoms with Crippen LogP contribution in [0.1, 0.15) is 40.5 Å². The van der Waals surface area contributed by atoms with Crippen LogP contribution >= 0.6 is 0 Å². The van der Waals surface area contributed by atoms with E-state index in [1.54, 1.807) is 11.9 Å². The minimum Gasteiger partial charge on any atom is -0.333 e. The summed E-state index contributed by atoms with van der Waals surface area (Å²) in [5.74, 6) is -0.155. The quantitative estimate of drug-likeness (QED) is 0.851. The molecule has 5 heteroatoms. The van der Waals surface area contributed by atoms with Gasteiger partial charge in [-0.05, 0) is 36.5 Å². The lowest BCUT2D eigenvalue weighted by molar-refractivity contribution is 0.0706. The zero-order valence-electron chi connectivity index (χ0n) is 12.8. The summed E-state index contributed by atoms with van der Waals surface area (Å²) in [5.41, 5.74) is 2.61. The Kier molecular flexibility index (Phi) is 3.79. The Morgan fingerprint density at radius 3 is 2.82 bits per heavy atom. The van der Waals surface area contributed by atoms with E-state index >= 15 is 0 Å². The van der Waals surface area contributed by atoms with E-state index in [4.69, 9.17) is 0 Å². The smallest absolute Gasteiger partial charge is 0.274 e. The lowest BCUT2D eigenvalue weighted by Crippen LogP contribution is -2.35. The topological polar surface area (TPSA) is 55.2 Å². The van der Waals surface area contributed by atoms with Crippen molar-refractivity contribution in [2.45, 2.75) is 25.3 Å². The molecule has 0 bridgehead atoms. The number of nitrogens with zero attached hydrogens (tertiary/aromatic N) is 3. The second-order valence-corrected chi connectivity index (χ2v) is 5.70. The number of aryl methyl sites for hydroxylation is 2. The van der Waals surface area contributed by atoms with Crippen molar-refractivity contribution in [1.82, 2.24) is 14.7 Å². The Morgan fingerprint density at radius 1 is 1.27 bits per heavy atom. The molecule has 2 aromatic rings. The third-order valence-electron chi connectivity index (χ3n) is 4.31. The van der Waals surface area contributed by atoms with Crippen molar-refractivity contribution in [3.63, 3.8) is 0 Å². The number of hydrogen-bond donors (Lipinski definition) is 0. The van der Waals surface area contributed by atoms with Crippen molar-refractivity contribution in [1.29, 1.82) is 0 Å². The number of fused-ring (bicyclic) bond motifs is 1. The lowest BCUT2D eigenvalue weighted by atomic mass is 9.87. The van der Waals surface area contributed by atoms with Gasteiger partial charge in [0, 0.05) is 20.2 Å². The Balaban J connectivity index is 1.91. The van der Waals surface area contributed by atoms with Crippen LogP contribution in [-0.4, -0.2) is 27.6 Å². The van der Waals surface area contributed by atoms with E-state index in [9.17, 15) is 9.59 Å². The first kappa shape index (κ1) is 14.5. The molecule has 1 amide bonds. The van der Waals surface area contributed by atoms with Gasteiger partial charge in [-0.3, -0.25) is 9.59 Å². The molecule has 1 aromatic carbocycles. The molecular formula is C17H19N3O2. The molecule has 0 N–H and O–H groups in total. The fourth-order valence-electron chi connectivity index (χ4n) is 3.07. The molecule has 1 aliphatic rings. The number of aromatic nitrogens is 2. The summed E-state index contributed by atoms with van der Waals surface area (Å²) in [6.07, 6.45) is 3.08. The number of carbonyl (C=O) groups excluding carboxylic acids is 1. The van der Waals surface area contributed by atoms with Crippen LogP contribution < -0.4 is 5.56 Å². The van der Waals surface area contributed by atoms with Crippen molar-refractivity contribution in [3.8, 4) is 0 Å². The average molecular weight is 297 g/mol. The van der Waals surface area contributed by atoms with Gasteiger partial charge in [-0.2, -0.15) is 5.10 Å². The molecule has 1 atom stereocenters. The molecule has 3 rings (SSSR count). The predicted octanol–water partition coefficient (Wildman–Crippen LogP) is 1.93. The summed E-state index contributed by atoms with van der Waals surface area (Å²) >= 11 is 0. The average Bonchev–Trinajstić information content (AvgIpc) is 2.55. The van der Waals surface area contributed by atoms with E-state index in [2.05, 4.69) is 17.2 Å². The molecule has 114 valence electrons. The fourth-order valence-corrected chi connectivity index (χ4v) is 3.07. The van der Waals surface area contributed by atoms with E-state index in [-0.39, 0.29) is 17.5 Å². The number of carbonyl (C=O) groups is 1. The minimum absolute atomic E-state index is 0.0662. The molecule has 0 saturated heterocycles. The van der Waals surface area contributed by atoms with Crippen LogP contribution in [0.5, 0.6) is 0 Å². The summed E-state index contributed by atoms with van der Waals surface area (Å²) in [7, 11) is 3.36. The fraction of sp³-hybridized carbons (Fsp3) is 0.353. The number of rotatable bonds is 2. The van der Waals surface area contributed by atoms with Crippen molar-refractivity contribution in [2.75, 3.05) is 7.05 Å². The van der Waals surface area contributed by atoms with Crippen molar-refractivity contribution >= 4 is 5.91 Å². The molecule has 0 aliphatic heterocycles. The second kappa shape index (κ2) is 5.75. The SMILES string of the molecule is CN(C(=O)c1ccc(=O)n(C)n1)C1CCCc2ccccc21. The van der Waals surface area contributed by atoms with Gasteiger partial charge in [0.1, 0.15) is 5.69 Å². The van der Waals surface area contributed by atoms with Gasteiger partial charge < -0.3 is 4.90 Å². The maximum absolute atomic E-state index is 12.7. The molecule has 1 aromatic heterocycles.